The highest BCUT2D eigenvalue weighted by Gasteiger charge is 2.01. The van der Waals surface area contributed by atoms with Crippen LogP contribution in [0.1, 0.15) is 38.3 Å². The zero-order valence-corrected chi connectivity index (χ0v) is 17.6. The van der Waals surface area contributed by atoms with E-state index in [1.807, 2.05) is 4.68 Å². The minimum absolute atomic E-state index is 0. The number of rotatable bonds is 8. The van der Waals surface area contributed by atoms with Gasteiger partial charge in [-0.15, -0.1) is 24.0 Å². The summed E-state index contributed by atoms with van der Waals surface area (Å²) < 4.78 is 1.82. The summed E-state index contributed by atoms with van der Waals surface area (Å²) in [4.78, 5) is 8.65. The van der Waals surface area contributed by atoms with Gasteiger partial charge in [-0.1, -0.05) is 38.1 Å². The summed E-state index contributed by atoms with van der Waals surface area (Å²) in [6, 6.07) is 8.44. The van der Waals surface area contributed by atoms with Crippen molar-refractivity contribution in [3.05, 3.63) is 48.0 Å². The van der Waals surface area contributed by atoms with Crippen molar-refractivity contribution >= 4 is 29.9 Å². The first kappa shape index (κ1) is 21.4. The maximum Gasteiger partial charge on any atom is 0.191 e. The Morgan fingerprint density at radius 3 is 2.72 bits per heavy atom. The molecule has 7 heteroatoms. The fourth-order valence-electron chi connectivity index (χ4n) is 2.32. The molecule has 1 aromatic carbocycles. The standard InChI is InChI=1S/C18H28N6.HI/c1-4-20-18(21-9-8-15(2)3)22-11-16-6-5-7-17(10-16)12-24-14-19-13-23-24;/h5-7,10,13-15H,4,8-9,11-12H2,1-3H3,(H2,20,21,22);1H. The maximum atomic E-state index is 4.68. The van der Waals surface area contributed by atoms with E-state index in [0.717, 1.165) is 32.0 Å². The molecular formula is C18H29IN6. The number of nitrogens with one attached hydrogen (secondary N) is 2. The molecule has 0 saturated carbocycles. The largest absolute Gasteiger partial charge is 0.357 e. The number of hydrogen-bond donors (Lipinski definition) is 2. The van der Waals surface area contributed by atoms with E-state index in [0.29, 0.717) is 12.5 Å². The Balaban J connectivity index is 0.00000312. The van der Waals surface area contributed by atoms with E-state index in [-0.39, 0.29) is 24.0 Å². The van der Waals surface area contributed by atoms with Crippen molar-refractivity contribution in [1.29, 1.82) is 0 Å². The van der Waals surface area contributed by atoms with Crippen LogP contribution in [0.3, 0.4) is 0 Å². The molecule has 0 aliphatic heterocycles. The summed E-state index contributed by atoms with van der Waals surface area (Å²) >= 11 is 0. The Morgan fingerprint density at radius 1 is 1.24 bits per heavy atom. The number of aliphatic imine (C=N–C) groups is 1. The van der Waals surface area contributed by atoms with Crippen molar-refractivity contribution in [2.45, 2.75) is 40.3 Å². The average Bonchev–Trinajstić information content (AvgIpc) is 3.05. The fourth-order valence-corrected chi connectivity index (χ4v) is 2.32. The molecule has 0 atom stereocenters. The van der Waals surface area contributed by atoms with Gasteiger partial charge < -0.3 is 10.6 Å². The topological polar surface area (TPSA) is 67.1 Å². The Bertz CT molecular complexity index is 624. The summed E-state index contributed by atoms with van der Waals surface area (Å²) in [5, 5.41) is 10.8. The molecule has 0 saturated heterocycles. The van der Waals surface area contributed by atoms with E-state index in [1.165, 1.54) is 11.1 Å². The zero-order chi connectivity index (χ0) is 17.2. The van der Waals surface area contributed by atoms with Gasteiger partial charge in [0.25, 0.3) is 0 Å². The third-order valence-electron chi connectivity index (χ3n) is 3.58. The van der Waals surface area contributed by atoms with Gasteiger partial charge in [0.05, 0.1) is 13.1 Å². The average molecular weight is 456 g/mol. The van der Waals surface area contributed by atoms with Gasteiger partial charge >= 0.3 is 0 Å². The lowest BCUT2D eigenvalue weighted by molar-refractivity contribution is 0.573. The van der Waals surface area contributed by atoms with E-state index in [1.54, 1.807) is 12.7 Å². The van der Waals surface area contributed by atoms with Crippen LogP contribution in [0.15, 0.2) is 41.9 Å². The van der Waals surface area contributed by atoms with Crippen LogP contribution in [-0.2, 0) is 13.1 Å². The summed E-state index contributed by atoms with van der Waals surface area (Å²) in [7, 11) is 0. The zero-order valence-electron chi connectivity index (χ0n) is 15.3. The van der Waals surface area contributed by atoms with Crippen molar-refractivity contribution in [2.24, 2.45) is 10.9 Å². The number of guanidine groups is 1. The molecule has 138 valence electrons. The summed E-state index contributed by atoms with van der Waals surface area (Å²) in [6.45, 7) is 9.72. The minimum atomic E-state index is 0. The van der Waals surface area contributed by atoms with Crippen molar-refractivity contribution in [3.8, 4) is 0 Å². The molecule has 0 unspecified atom stereocenters. The van der Waals surface area contributed by atoms with Crippen LogP contribution in [0.25, 0.3) is 0 Å². The Morgan fingerprint density at radius 2 is 2.04 bits per heavy atom. The van der Waals surface area contributed by atoms with Crippen LogP contribution in [0.2, 0.25) is 0 Å². The second kappa shape index (κ2) is 11.8. The molecule has 0 aliphatic carbocycles. The summed E-state index contributed by atoms with van der Waals surface area (Å²) in [6.07, 6.45) is 4.42. The highest BCUT2D eigenvalue weighted by atomic mass is 127. The lowest BCUT2D eigenvalue weighted by atomic mass is 10.1. The van der Waals surface area contributed by atoms with Gasteiger partial charge in [-0.2, -0.15) is 5.10 Å². The van der Waals surface area contributed by atoms with Crippen LogP contribution < -0.4 is 10.6 Å². The molecule has 0 fully saturated rings. The van der Waals surface area contributed by atoms with Gasteiger partial charge in [0, 0.05) is 13.1 Å². The minimum Gasteiger partial charge on any atom is -0.357 e. The monoisotopic (exact) mass is 456 g/mol. The Labute approximate surface area is 167 Å². The molecule has 2 aromatic rings. The van der Waals surface area contributed by atoms with E-state index >= 15 is 0 Å². The third-order valence-corrected chi connectivity index (χ3v) is 3.58. The van der Waals surface area contributed by atoms with Crippen molar-refractivity contribution in [3.63, 3.8) is 0 Å². The van der Waals surface area contributed by atoms with Gasteiger partial charge in [0.1, 0.15) is 12.7 Å². The molecule has 2 N–H and O–H groups in total. The molecule has 1 heterocycles. The maximum absolute atomic E-state index is 4.68. The lowest BCUT2D eigenvalue weighted by Crippen LogP contribution is -2.38. The predicted octanol–water partition coefficient (Wildman–Crippen LogP) is 3.05. The molecule has 6 nitrogen and oxygen atoms in total. The van der Waals surface area contributed by atoms with Crippen LogP contribution >= 0.6 is 24.0 Å². The first-order valence-corrected chi connectivity index (χ1v) is 8.59. The quantitative estimate of drug-likeness (QED) is 0.364. The number of benzene rings is 1. The predicted molar refractivity (Wildman–Crippen MR) is 113 cm³/mol. The van der Waals surface area contributed by atoms with Gasteiger partial charge in [-0.3, -0.25) is 0 Å². The fraction of sp³-hybridized carbons (Fsp3) is 0.500. The molecule has 0 amide bonds. The first-order chi connectivity index (χ1) is 11.7. The van der Waals surface area contributed by atoms with Gasteiger partial charge in [0.2, 0.25) is 0 Å². The van der Waals surface area contributed by atoms with E-state index in [9.17, 15) is 0 Å². The smallest absolute Gasteiger partial charge is 0.191 e. The highest BCUT2D eigenvalue weighted by Crippen LogP contribution is 2.08. The van der Waals surface area contributed by atoms with Gasteiger partial charge in [-0.25, -0.2) is 14.7 Å². The molecule has 25 heavy (non-hydrogen) atoms. The molecule has 2 rings (SSSR count). The SMILES string of the molecule is CCNC(=NCc1cccc(Cn2cncn2)c1)NCCC(C)C.I. The van der Waals surface area contributed by atoms with Crippen LogP contribution in [0, 0.1) is 5.92 Å². The second-order valence-corrected chi connectivity index (χ2v) is 6.22. The normalized spacial score (nSPS) is 11.3. The van der Waals surface area contributed by atoms with Crippen LogP contribution in [0.5, 0.6) is 0 Å². The third kappa shape index (κ3) is 8.33. The number of halogens is 1. The van der Waals surface area contributed by atoms with Gasteiger partial charge in [0.15, 0.2) is 5.96 Å². The van der Waals surface area contributed by atoms with Gasteiger partial charge in [-0.05, 0) is 30.4 Å². The number of nitrogens with zero attached hydrogens (tertiary/aromatic N) is 4. The van der Waals surface area contributed by atoms with Crippen molar-refractivity contribution in [2.75, 3.05) is 13.1 Å². The molecule has 0 radical (unpaired) electrons. The van der Waals surface area contributed by atoms with Crippen molar-refractivity contribution in [1.82, 2.24) is 25.4 Å². The number of aromatic nitrogens is 3. The highest BCUT2D eigenvalue weighted by molar-refractivity contribution is 14.0. The molecular weight excluding hydrogens is 427 g/mol. The van der Waals surface area contributed by atoms with E-state index in [2.05, 4.69) is 70.7 Å². The van der Waals surface area contributed by atoms with Crippen molar-refractivity contribution < 1.29 is 0 Å². The molecule has 0 aliphatic rings. The van der Waals surface area contributed by atoms with Crippen LogP contribution in [-0.4, -0.2) is 33.8 Å². The Kier molecular flexibility index (Phi) is 10.1. The summed E-state index contributed by atoms with van der Waals surface area (Å²) in [5.41, 5.74) is 2.39. The number of hydrogen-bond acceptors (Lipinski definition) is 3. The molecule has 0 bridgehead atoms. The first-order valence-electron chi connectivity index (χ1n) is 8.59. The lowest BCUT2D eigenvalue weighted by Gasteiger charge is -2.12. The Hall–Kier alpha value is -1.64. The van der Waals surface area contributed by atoms with Crippen LogP contribution in [0.4, 0.5) is 0 Å². The van der Waals surface area contributed by atoms with E-state index in [4.69, 9.17) is 0 Å². The summed E-state index contributed by atoms with van der Waals surface area (Å²) in [5.74, 6) is 1.56. The molecule has 0 spiro atoms. The molecule has 1 aromatic heterocycles. The second-order valence-electron chi connectivity index (χ2n) is 6.22. The van der Waals surface area contributed by atoms with E-state index < -0.39 is 0 Å².